The summed E-state index contributed by atoms with van der Waals surface area (Å²) in [6.07, 6.45) is 6.05. The third-order valence-electron chi connectivity index (χ3n) is 4.93. The Morgan fingerprint density at radius 2 is 2.25 bits per heavy atom. The SMILES string of the molecule is CS(=O)(=O)C1CCCC12CN=C(N)N2CC1CCCO1. The quantitative estimate of drug-likeness (QED) is 0.801. The fourth-order valence-electron chi connectivity index (χ4n) is 4.01. The van der Waals surface area contributed by atoms with E-state index in [0.29, 0.717) is 25.5 Å². The van der Waals surface area contributed by atoms with Gasteiger partial charge in [0.05, 0.1) is 23.4 Å². The number of nitrogens with two attached hydrogens (primary N) is 1. The van der Waals surface area contributed by atoms with E-state index in [0.717, 1.165) is 32.3 Å². The molecule has 0 aromatic heterocycles. The minimum absolute atomic E-state index is 0.152. The lowest BCUT2D eigenvalue weighted by Crippen LogP contribution is -2.59. The van der Waals surface area contributed by atoms with Crippen molar-refractivity contribution in [3.8, 4) is 0 Å². The maximum Gasteiger partial charge on any atom is 0.192 e. The molecule has 3 unspecified atom stereocenters. The Morgan fingerprint density at radius 3 is 2.90 bits per heavy atom. The third kappa shape index (κ3) is 2.20. The summed E-state index contributed by atoms with van der Waals surface area (Å²) in [5.41, 5.74) is 5.62. The van der Waals surface area contributed by atoms with Crippen molar-refractivity contribution in [1.82, 2.24) is 4.90 Å². The fraction of sp³-hybridized carbons (Fsp3) is 0.923. The Bertz CT molecular complexity index is 513. The first-order valence-corrected chi connectivity index (χ1v) is 9.27. The van der Waals surface area contributed by atoms with E-state index in [2.05, 4.69) is 4.99 Å². The van der Waals surface area contributed by atoms with Crippen molar-refractivity contribution in [1.29, 1.82) is 0 Å². The van der Waals surface area contributed by atoms with Gasteiger partial charge in [-0.2, -0.15) is 0 Å². The monoisotopic (exact) mass is 301 g/mol. The van der Waals surface area contributed by atoms with Crippen LogP contribution < -0.4 is 5.73 Å². The lowest BCUT2D eigenvalue weighted by atomic mass is 9.95. The van der Waals surface area contributed by atoms with Crippen LogP contribution in [-0.2, 0) is 14.6 Å². The molecule has 2 N–H and O–H groups in total. The Balaban J connectivity index is 1.87. The lowest BCUT2D eigenvalue weighted by molar-refractivity contribution is 0.0675. The zero-order chi connectivity index (χ0) is 14.4. The number of hydrogen-bond donors (Lipinski definition) is 1. The van der Waals surface area contributed by atoms with Gasteiger partial charge < -0.3 is 15.4 Å². The molecular weight excluding hydrogens is 278 g/mol. The molecule has 0 radical (unpaired) electrons. The molecule has 1 aliphatic carbocycles. The summed E-state index contributed by atoms with van der Waals surface area (Å²) in [5, 5.41) is -0.360. The average Bonchev–Trinajstić information content (AvgIpc) is 3.06. The zero-order valence-corrected chi connectivity index (χ0v) is 12.7. The van der Waals surface area contributed by atoms with Crippen LogP contribution in [0.4, 0.5) is 0 Å². The van der Waals surface area contributed by atoms with Crippen molar-refractivity contribution in [3.05, 3.63) is 0 Å². The van der Waals surface area contributed by atoms with E-state index in [1.807, 2.05) is 4.90 Å². The molecule has 0 aromatic carbocycles. The minimum atomic E-state index is -3.10. The van der Waals surface area contributed by atoms with Crippen LogP contribution in [-0.4, -0.2) is 62.1 Å². The van der Waals surface area contributed by atoms with E-state index in [1.54, 1.807) is 0 Å². The van der Waals surface area contributed by atoms with Crippen molar-refractivity contribution in [2.24, 2.45) is 10.7 Å². The summed E-state index contributed by atoms with van der Waals surface area (Å²) in [5.74, 6) is 0.482. The minimum Gasteiger partial charge on any atom is -0.376 e. The number of rotatable bonds is 3. The van der Waals surface area contributed by atoms with E-state index < -0.39 is 15.4 Å². The molecule has 1 saturated carbocycles. The van der Waals surface area contributed by atoms with Crippen LogP contribution in [0.2, 0.25) is 0 Å². The standard InChI is InChI=1S/C13H23N3O3S/c1-20(17,18)11-5-2-6-13(11)9-15-12(14)16(13)8-10-4-3-7-19-10/h10-11H,2-9H2,1H3,(H2,14,15). The first-order valence-electron chi connectivity index (χ1n) is 7.31. The summed E-state index contributed by atoms with van der Waals surface area (Å²) in [6, 6.07) is 0. The van der Waals surface area contributed by atoms with Crippen LogP contribution in [0, 0.1) is 0 Å². The summed E-state index contributed by atoms with van der Waals surface area (Å²) < 4.78 is 30.0. The van der Waals surface area contributed by atoms with Gasteiger partial charge >= 0.3 is 0 Å². The molecule has 20 heavy (non-hydrogen) atoms. The van der Waals surface area contributed by atoms with Gasteiger partial charge in [0.2, 0.25) is 0 Å². The molecule has 114 valence electrons. The molecule has 6 nitrogen and oxygen atoms in total. The molecule has 3 atom stereocenters. The van der Waals surface area contributed by atoms with Crippen molar-refractivity contribution >= 4 is 15.8 Å². The molecule has 0 aromatic rings. The summed E-state index contributed by atoms with van der Waals surface area (Å²) in [7, 11) is -3.10. The third-order valence-corrected chi connectivity index (χ3v) is 6.64. The molecule has 2 fully saturated rings. The first-order chi connectivity index (χ1) is 9.43. The second-order valence-electron chi connectivity index (χ2n) is 6.23. The van der Waals surface area contributed by atoms with Crippen molar-refractivity contribution in [2.45, 2.75) is 49.0 Å². The maximum absolute atomic E-state index is 12.1. The molecule has 0 amide bonds. The Kier molecular flexibility index (Phi) is 3.44. The highest BCUT2D eigenvalue weighted by molar-refractivity contribution is 7.91. The largest absolute Gasteiger partial charge is 0.376 e. The van der Waals surface area contributed by atoms with Crippen LogP contribution in [0.15, 0.2) is 4.99 Å². The van der Waals surface area contributed by atoms with Gasteiger partial charge in [-0.1, -0.05) is 0 Å². The number of ether oxygens (including phenoxy) is 1. The lowest BCUT2D eigenvalue weighted by Gasteiger charge is -2.41. The molecule has 3 rings (SSSR count). The topological polar surface area (TPSA) is 85.0 Å². The Morgan fingerprint density at radius 1 is 1.45 bits per heavy atom. The molecule has 7 heteroatoms. The second-order valence-corrected chi connectivity index (χ2v) is 8.46. The number of sulfone groups is 1. The molecule has 0 bridgehead atoms. The van der Waals surface area contributed by atoms with E-state index in [4.69, 9.17) is 10.5 Å². The Labute approximate surface area is 120 Å². The predicted octanol–water partition coefficient (Wildman–Crippen LogP) is 0.132. The highest BCUT2D eigenvalue weighted by atomic mass is 32.2. The van der Waals surface area contributed by atoms with Crippen molar-refractivity contribution in [2.75, 3.05) is 26.0 Å². The van der Waals surface area contributed by atoms with Crippen LogP contribution in [0.25, 0.3) is 0 Å². The summed E-state index contributed by atoms with van der Waals surface area (Å²) >= 11 is 0. The number of aliphatic imine (C=N–C) groups is 1. The van der Waals surface area contributed by atoms with Crippen LogP contribution in [0.1, 0.15) is 32.1 Å². The van der Waals surface area contributed by atoms with Gasteiger partial charge in [0.15, 0.2) is 15.8 Å². The zero-order valence-electron chi connectivity index (χ0n) is 11.9. The fourth-order valence-corrected chi connectivity index (χ4v) is 5.72. The molecule has 1 saturated heterocycles. The van der Waals surface area contributed by atoms with Gasteiger partial charge in [0.25, 0.3) is 0 Å². The maximum atomic E-state index is 12.1. The van der Waals surface area contributed by atoms with E-state index in [-0.39, 0.29) is 11.4 Å². The number of hydrogen-bond acceptors (Lipinski definition) is 6. The predicted molar refractivity (Wildman–Crippen MR) is 77.4 cm³/mol. The van der Waals surface area contributed by atoms with Crippen molar-refractivity contribution in [3.63, 3.8) is 0 Å². The van der Waals surface area contributed by atoms with E-state index >= 15 is 0 Å². The van der Waals surface area contributed by atoms with Crippen LogP contribution in [0.3, 0.4) is 0 Å². The molecule has 2 aliphatic heterocycles. The Hall–Kier alpha value is -0.820. The van der Waals surface area contributed by atoms with Gasteiger partial charge in [0, 0.05) is 19.4 Å². The van der Waals surface area contributed by atoms with Gasteiger partial charge in [-0.3, -0.25) is 4.99 Å². The van der Waals surface area contributed by atoms with Gasteiger partial charge in [-0.25, -0.2) is 8.42 Å². The normalized spacial score (nSPS) is 37.9. The highest BCUT2D eigenvalue weighted by Crippen LogP contribution is 2.42. The average molecular weight is 301 g/mol. The first kappa shape index (κ1) is 14.1. The van der Waals surface area contributed by atoms with E-state index in [1.165, 1.54) is 6.26 Å². The van der Waals surface area contributed by atoms with Crippen LogP contribution >= 0.6 is 0 Å². The number of nitrogens with zero attached hydrogens (tertiary/aromatic N) is 2. The smallest absolute Gasteiger partial charge is 0.192 e. The van der Waals surface area contributed by atoms with Gasteiger partial charge in [-0.15, -0.1) is 0 Å². The van der Waals surface area contributed by atoms with Gasteiger partial charge in [-0.05, 0) is 32.1 Å². The second kappa shape index (κ2) is 4.87. The molecule has 3 aliphatic rings. The van der Waals surface area contributed by atoms with Crippen molar-refractivity contribution < 1.29 is 13.2 Å². The molecule has 1 spiro atoms. The summed E-state index contributed by atoms with van der Waals surface area (Å²) in [6.45, 7) is 1.96. The van der Waals surface area contributed by atoms with Crippen LogP contribution in [0.5, 0.6) is 0 Å². The molecule has 2 heterocycles. The van der Waals surface area contributed by atoms with Gasteiger partial charge in [0.1, 0.15) is 0 Å². The van der Waals surface area contributed by atoms with E-state index in [9.17, 15) is 8.42 Å². The highest BCUT2D eigenvalue weighted by Gasteiger charge is 2.55. The summed E-state index contributed by atoms with van der Waals surface area (Å²) in [4.78, 5) is 6.39. The number of guanidine groups is 1. The molecular formula is C13H23N3O3S.